The fourth-order valence-corrected chi connectivity index (χ4v) is 4.69. The van der Waals surface area contributed by atoms with Gasteiger partial charge in [0, 0.05) is 24.7 Å². The van der Waals surface area contributed by atoms with E-state index in [9.17, 15) is 4.79 Å². The molecule has 144 valence electrons. The first kappa shape index (κ1) is 19.6. The Morgan fingerprint density at radius 3 is 2.62 bits per heavy atom. The minimum Gasteiger partial charge on any atom is -0.483 e. The molecule has 0 spiro atoms. The molecule has 1 aromatic carbocycles. The molecule has 5 nitrogen and oxygen atoms in total. The van der Waals surface area contributed by atoms with Crippen LogP contribution in [0.5, 0.6) is 5.75 Å². The van der Waals surface area contributed by atoms with E-state index >= 15 is 0 Å². The van der Waals surface area contributed by atoms with Gasteiger partial charge in [-0.2, -0.15) is 0 Å². The molecule has 2 bridgehead atoms. The lowest BCUT2D eigenvalue weighted by Gasteiger charge is -2.45. The Labute approximate surface area is 166 Å². The maximum absolute atomic E-state index is 13.0. The van der Waals surface area contributed by atoms with E-state index in [1.165, 1.54) is 12.8 Å². The maximum Gasteiger partial charge on any atom is 0.255 e. The van der Waals surface area contributed by atoms with Crippen molar-refractivity contribution in [2.75, 3.05) is 38.1 Å². The predicted molar refractivity (Wildman–Crippen MR) is 107 cm³/mol. The van der Waals surface area contributed by atoms with Crippen molar-refractivity contribution in [1.29, 1.82) is 0 Å². The molecule has 3 saturated heterocycles. The van der Waals surface area contributed by atoms with E-state index in [1.807, 2.05) is 27.0 Å². The fraction of sp³-hybridized carbons (Fsp3) is 0.632. The van der Waals surface area contributed by atoms with E-state index in [2.05, 4.69) is 15.1 Å². The zero-order valence-electron chi connectivity index (χ0n) is 15.5. The molecule has 0 unspecified atom stereocenters. The van der Waals surface area contributed by atoms with Gasteiger partial charge in [-0.3, -0.25) is 4.79 Å². The first-order chi connectivity index (χ1) is 11.8. The topological polar surface area (TPSA) is 44.8 Å². The first-order valence-electron chi connectivity index (χ1n) is 9.09. The summed E-state index contributed by atoms with van der Waals surface area (Å²) >= 11 is 6.30. The lowest BCUT2D eigenvalue weighted by Crippen LogP contribution is -2.57. The van der Waals surface area contributed by atoms with Gasteiger partial charge in [0.15, 0.2) is 5.75 Å². The summed E-state index contributed by atoms with van der Waals surface area (Å²) in [4.78, 5) is 17.6. The van der Waals surface area contributed by atoms with Gasteiger partial charge in [0.2, 0.25) is 0 Å². The number of amides is 1. The largest absolute Gasteiger partial charge is 0.483 e. The van der Waals surface area contributed by atoms with Crippen LogP contribution in [0.4, 0.5) is 5.69 Å². The van der Waals surface area contributed by atoms with Crippen LogP contribution in [0.1, 0.15) is 37.0 Å². The Hall–Kier alpha value is -1.17. The second kappa shape index (κ2) is 7.10. The van der Waals surface area contributed by atoms with Gasteiger partial charge in [-0.1, -0.05) is 11.6 Å². The fourth-order valence-electron chi connectivity index (χ4n) is 4.48. The Morgan fingerprint density at radius 1 is 1.31 bits per heavy atom. The summed E-state index contributed by atoms with van der Waals surface area (Å²) in [5.41, 5.74) is 1.07. The van der Waals surface area contributed by atoms with Crippen molar-refractivity contribution in [3.8, 4) is 5.75 Å². The van der Waals surface area contributed by atoms with E-state index in [0.29, 0.717) is 22.3 Å². The number of nitrogens with one attached hydrogen (secondary N) is 1. The van der Waals surface area contributed by atoms with Crippen molar-refractivity contribution in [3.05, 3.63) is 22.7 Å². The third kappa shape index (κ3) is 3.62. The average molecular weight is 400 g/mol. The third-order valence-corrected chi connectivity index (χ3v) is 5.88. The molecule has 4 aliphatic heterocycles. The lowest BCUT2D eigenvalue weighted by molar-refractivity contribution is 0.0611. The van der Waals surface area contributed by atoms with Crippen LogP contribution in [-0.2, 0) is 0 Å². The highest BCUT2D eigenvalue weighted by molar-refractivity contribution is 6.31. The van der Waals surface area contributed by atoms with Gasteiger partial charge in [-0.15, -0.1) is 12.4 Å². The van der Waals surface area contributed by atoms with Gasteiger partial charge in [0.25, 0.3) is 5.91 Å². The highest BCUT2D eigenvalue weighted by Crippen LogP contribution is 2.41. The van der Waals surface area contributed by atoms with Crippen molar-refractivity contribution in [2.24, 2.45) is 5.92 Å². The standard InChI is InChI=1S/C19H26ClN3O2.ClH/c1-19(2)11-22(3)16-9-13(20)8-14(17(16)25-19)18(24)21-15-10-23-6-4-12(15)5-7-23;/h8-9,12,15H,4-7,10-11H2,1-3H3,(H,21,24);1H/t15-;/m0./s1. The third-order valence-electron chi connectivity index (χ3n) is 5.66. The second-order valence-electron chi connectivity index (χ2n) is 8.24. The molecule has 0 aromatic heterocycles. The maximum atomic E-state index is 13.0. The zero-order valence-corrected chi connectivity index (χ0v) is 17.1. The highest BCUT2D eigenvalue weighted by atomic mass is 35.5. The Balaban J connectivity index is 0.00000196. The van der Waals surface area contributed by atoms with Gasteiger partial charge in [-0.25, -0.2) is 0 Å². The van der Waals surface area contributed by atoms with Crippen LogP contribution in [-0.4, -0.2) is 55.7 Å². The van der Waals surface area contributed by atoms with Crippen molar-refractivity contribution < 1.29 is 9.53 Å². The summed E-state index contributed by atoms with van der Waals surface area (Å²) in [5.74, 6) is 1.15. The van der Waals surface area contributed by atoms with Crippen LogP contribution in [0.15, 0.2) is 12.1 Å². The molecule has 1 aromatic rings. The average Bonchev–Trinajstić information content (AvgIpc) is 2.55. The number of benzene rings is 1. The van der Waals surface area contributed by atoms with E-state index in [1.54, 1.807) is 6.07 Å². The summed E-state index contributed by atoms with van der Waals surface area (Å²) < 4.78 is 6.18. The van der Waals surface area contributed by atoms with Gasteiger partial charge < -0.3 is 19.9 Å². The summed E-state index contributed by atoms with van der Waals surface area (Å²) in [5, 5.41) is 3.81. The Kier molecular flexibility index (Phi) is 5.35. The first-order valence-corrected chi connectivity index (χ1v) is 9.47. The van der Waals surface area contributed by atoms with Crippen molar-refractivity contribution in [3.63, 3.8) is 0 Å². The number of anilines is 1. The molecule has 7 heteroatoms. The number of likely N-dealkylation sites (N-methyl/N-ethyl adjacent to an activating group) is 1. The van der Waals surface area contributed by atoms with Crippen LogP contribution >= 0.6 is 24.0 Å². The Morgan fingerprint density at radius 2 is 2.00 bits per heavy atom. The van der Waals surface area contributed by atoms with Crippen molar-refractivity contribution in [2.45, 2.75) is 38.3 Å². The molecule has 4 aliphatic rings. The summed E-state index contributed by atoms with van der Waals surface area (Å²) in [6, 6.07) is 3.82. The number of rotatable bonds is 2. The van der Waals surface area contributed by atoms with Gasteiger partial charge in [0.1, 0.15) is 5.60 Å². The Bertz CT molecular complexity index is 702. The number of piperidine rings is 3. The highest BCUT2D eigenvalue weighted by Gasteiger charge is 2.37. The van der Waals surface area contributed by atoms with Crippen LogP contribution in [0.25, 0.3) is 0 Å². The molecule has 0 radical (unpaired) electrons. The van der Waals surface area contributed by atoms with Crippen LogP contribution in [0, 0.1) is 5.92 Å². The molecule has 0 saturated carbocycles. The minimum atomic E-state index is -0.347. The number of halogens is 2. The van der Waals surface area contributed by atoms with Gasteiger partial charge >= 0.3 is 0 Å². The molecule has 1 N–H and O–H groups in total. The smallest absolute Gasteiger partial charge is 0.255 e. The molecule has 26 heavy (non-hydrogen) atoms. The second-order valence-corrected chi connectivity index (χ2v) is 8.67. The van der Waals surface area contributed by atoms with Gasteiger partial charge in [-0.05, 0) is 57.8 Å². The van der Waals surface area contributed by atoms with E-state index in [-0.39, 0.29) is 30.0 Å². The van der Waals surface area contributed by atoms with Crippen molar-refractivity contribution in [1.82, 2.24) is 10.2 Å². The monoisotopic (exact) mass is 399 g/mol. The molecular formula is C19H27Cl2N3O2. The molecule has 1 atom stereocenters. The minimum absolute atomic E-state index is 0. The molecule has 5 rings (SSSR count). The summed E-state index contributed by atoms with van der Waals surface area (Å²) in [6.45, 7) is 8.09. The normalized spacial score (nSPS) is 28.6. The molecule has 4 heterocycles. The SMILES string of the molecule is CN1CC(C)(C)Oc2c(C(=O)N[C@H]3CN4CCC3CC4)cc(Cl)cc21.Cl. The molecule has 0 aliphatic carbocycles. The number of carbonyl (C=O) groups is 1. The number of hydrogen-bond donors (Lipinski definition) is 1. The lowest BCUT2D eigenvalue weighted by atomic mass is 9.84. The van der Waals surface area contributed by atoms with Crippen molar-refractivity contribution >= 4 is 35.6 Å². The summed E-state index contributed by atoms with van der Waals surface area (Å²) in [6.07, 6.45) is 2.34. The quantitative estimate of drug-likeness (QED) is 0.828. The zero-order chi connectivity index (χ0) is 17.8. The number of ether oxygens (including phenoxy) is 1. The van der Waals surface area contributed by atoms with E-state index in [4.69, 9.17) is 16.3 Å². The molecular weight excluding hydrogens is 373 g/mol. The summed E-state index contributed by atoms with van der Waals surface area (Å²) in [7, 11) is 2.01. The van der Waals surface area contributed by atoms with E-state index < -0.39 is 0 Å². The number of fused-ring (bicyclic) bond motifs is 4. The van der Waals surface area contributed by atoms with Crippen LogP contribution in [0.3, 0.4) is 0 Å². The molecule has 1 amide bonds. The van der Waals surface area contributed by atoms with Gasteiger partial charge in [0.05, 0.1) is 17.8 Å². The van der Waals surface area contributed by atoms with E-state index in [0.717, 1.165) is 31.9 Å². The number of carbonyl (C=O) groups excluding carboxylic acids is 1. The number of nitrogens with zero attached hydrogens (tertiary/aromatic N) is 2. The molecule has 3 fully saturated rings. The predicted octanol–water partition coefficient (Wildman–Crippen LogP) is 3.19. The van der Waals surface area contributed by atoms with Crippen LogP contribution in [0.2, 0.25) is 5.02 Å². The van der Waals surface area contributed by atoms with Crippen LogP contribution < -0.4 is 15.0 Å². The number of hydrogen-bond acceptors (Lipinski definition) is 4.